The highest BCUT2D eigenvalue weighted by Crippen LogP contribution is 2.08. The zero-order chi connectivity index (χ0) is 9.14. The highest BCUT2D eigenvalue weighted by Gasteiger charge is 2.05. The Balaban J connectivity index is 2.93. The highest BCUT2D eigenvalue weighted by atomic mass is 16.4. The molecule has 0 atom stereocenters. The molecule has 0 N–H and O–H groups in total. The van der Waals surface area contributed by atoms with E-state index in [0.717, 1.165) is 16.8 Å². The van der Waals surface area contributed by atoms with Crippen LogP contribution in [0.4, 0.5) is 0 Å². The fraction of sp³-hybridized carbons (Fsp3) is 0.333. The van der Waals surface area contributed by atoms with Crippen LogP contribution in [0.25, 0.3) is 0 Å². The lowest BCUT2D eigenvalue weighted by Crippen LogP contribution is -2.01. The molecule has 12 heavy (non-hydrogen) atoms. The maximum atomic E-state index is 10.3. The van der Waals surface area contributed by atoms with E-state index < -0.39 is 5.97 Å². The molecule has 0 aliphatic rings. The van der Waals surface area contributed by atoms with Gasteiger partial charge in [-0.25, -0.2) is 9.90 Å². The van der Waals surface area contributed by atoms with Crippen LogP contribution in [0.15, 0.2) is 12.3 Å². The number of rotatable bonds is 2. The first-order chi connectivity index (χ1) is 5.59. The molecule has 0 amide bonds. The Hall–Kier alpha value is -1.38. The van der Waals surface area contributed by atoms with Crippen LogP contribution in [0.1, 0.15) is 16.8 Å². The summed E-state index contributed by atoms with van der Waals surface area (Å²) >= 11 is 0. The first-order valence-corrected chi connectivity index (χ1v) is 3.71. The van der Waals surface area contributed by atoms with Crippen LogP contribution in [0.2, 0.25) is 0 Å². The number of aryl methyl sites for hydroxylation is 2. The molecule has 1 rings (SSSR count). The van der Waals surface area contributed by atoms with Crippen LogP contribution in [0, 0.1) is 13.8 Å². The maximum Gasteiger partial charge on any atom is 0.359 e. The van der Waals surface area contributed by atoms with Gasteiger partial charge in [-0.15, -0.1) is 0 Å². The normalized spacial score (nSPS) is 9.83. The molecule has 63 valence electrons. The largest absolute Gasteiger partial charge is 0.359 e. The van der Waals surface area contributed by atoms with E-state index in [2.05, 4.69) is 4.98 Å². The van der Waals surface area contributed by atoms with Gasteiger partial charge in [-0.3, -0.25) is 4.98 Å². The minimum atomic E-state index is -1.07. The van der Waals surface area contributed by atoms with E-state index in [4.69, 9.17) is 0 Å². The predicted molar refractivity (Wildman–Crippen MR) is 43.1 cm³/mol. The van der Waals surface area contributed by atoms with Gasteiger partial charge in [-0.1, -0.05) is 0 Å². The van der Waals surface area contributed by atoms with Crippen molar-refractivity contribution in [1.82, 2.24) is 4.98 Å². The number of nitrogens with zero attached hydrogens (tertiary/aromatic N) is 1. The minimum absolute atomic E-state index is 0.0564. The van der Waals surface area contributed by atoms with Crippen molar-refractivity contribution < 1.29 is 9.90 Å². The van der Waals surface area contributed by atoms with E-state index in [0.29, 0.717) is 0 Å². The molecule has 0 fully saturated rings. The van der Waals surface area contributed by atoms with Gasteiger partial charge in [0.05, 0.1) is 6.42 Å². The average Bonchev–Trinajstić information content (AvgIpc) is 1.94. The average molecular weight is 164 g/mol. The number of hydrogen-bond donors (Lipinski definition) is 0. The van der Waals surface area contributed by atoms with Gasteiger partial charge in [0, 0.05) is 11.9 Å². The predicted octanol–water partition coefficient (Wildman–Crippen LogP) is 1.20. The van der Waals surface area contributed by atoms with Crippen molar-refractivity contribution >= 4 is 5.97 Å². The zero-order valence-electron chi connectivity index (χ0n) is 7.13. The van der Waals surface area contributed by atoms with Crippen LogP contribution in [0.5, 0.6) is 0 Å². The summed E-state index contributed by atoms with van der Waals surface area (Å²) in [4.78, 5) is 14.3. The van der Waals surface area contributed by atoms with Gasteiger partial charge in [-0.2, -0.15) is 0 Å². The third kappa shape index (κ3) is 2.05. The lowest BCUT2D eigenvalue weighted by Gasteiger charge is -2.01. The van der Waals surface area contributed by atoms with Crippen LogP contribution < -0.4 is 0 Å². The van der Waals surface area contributed by atoms with E-state index in [1.54, 1.807) is 6.20 Å². The van der Waals surface area contributed by atoms with Gasteiger partial charge in [0.1, 0.15) is 0 Å². The lowest BCUT2D eigenvalue weighted by atomic mass is 10.1. The lowest BCUT2D eigenvalue weighted by molar-refractivity contribution is -0.142. The summed E-state index contributed by atoms with van der Waals surface area (Å²) in [5, 5.41) is 10.3. The van der Waals surface area contributed by atoms with Crippen LogP contribution in [-0.4, -0.2) is 11.0 Å². The fourth-order valence-electron chi connectivity index (χ4n) is 1.07. The molecule has 1 aromatic rings. The molecule has 3 nitrogen and oxygen atoms in total. The summed E-state index contributed by atoms with van der Waals surface area (Å²) in [6.07, 6.45) is 1.53. The van der Waals surface area contributed by atoms with Crippen molar-refractivity contribution in [3.05, 3.63) is 29.1 Å². The summed E-state index contributed by atoms with van der Waals surface area (Å²) in [6.45, 7) is 3.74. The molecular weight excluding hydrogens is 154 g/mol. The number of pyridine rings is 1. The second-order valence-electron chi connectivity index (χ2n) is 2.80. The molecule has 1 aromatic heterocycles. The summed E-state index contributed by atoms with van der Waals surface area (Å²) in [6, 6.07) is 1.86. The highest BCUT2D eigenvalue weighted by molar-refractivity contribution is 5.70. The molecular formula is C9H10NO2. The van der Waals surface area contributed by atoms with Gasteiger partial charge in [0.2, 0.25) is 0 Å². The van der Waals surface area contributed by atoms with Gasteiger partial charge < -0.3 is 0 Å². The van der Waals surface area contributed by atoms with Crippen molar-refractivity contribution in [1.29, 1.82) is 0 Å². The van der Waals surface area contributed by atoms with E-state index in [1.807, 2.05) is 19.9 Å². The van der Waals surface area contributed by atoms with Gasteiger partial charge in [0.25, 0.3) is 0 Å². The molecule has 0 saturated carbocycles. The molecule has 1 heterocycles. The fourth-order valence-corrected chi connectivity index (χ4v) is 1.07. The Morgan fingerprint density at radius 2 is 2.17 bits per heavy atom. The van der Waals surface area contributed by atoms with Crippen molar-refractivity contribution in [3.63, 3.8) is 0 Å². The topological polar surface area (TPSA) is 49.9 Å². The van der Waals surface area contributed by atoms with E-state index >= 15 is 0 Å². The van der Waals surface area contributed by atoms with E-state index in [1.165, 1.54) is 0 Å². The zero-order valence-corrected chi connectivity index (χ0v) is 7.13. The number of carbonyl (C=O) groups excluding carboxylic acids is 1. The third-order valence-electron chi connectivity index (χ3n) is 1.69. The minimum Gasteiger partial charge on any atom is -0.261 e. The smallest absolute Gasteiger partial charge is 0.261 e. The van der Waals surface area contributed by atoms with Crippen LogP contribution in [-0.2, 0) is 16.3 Å². The quantitative estimate of drug-likeness (QED) is 0.659. The summed E-state index contributed by atoms with van der Waals surface area (Å²) < 4.78 is 0. The Morgan fingerprint density at radius 1 is 1.50 bits per heavy atom. The van der Waals surface area contributed by atoms with Gasteiger partial charge in [-0.05, 0) is 31.0 Å². The summed E-state index contributed by atoms with van der Waals surface area (Å²) in [5.41, 5.74) is 2.57. The van der Waals surface area contributed by atoms with E-state index in [-0.39, 0.29) is 6.42 Å². The molecule has 0 aliphatic heterocycles. The van der Waals surface area contributed by atoms with Crippen LogP contribution in [0.3, 0.4) is 0 Å². The number of hydrogen-bond acceptors (Lipinski definition) is 2. The van der Waals surface area contributed by atoms with Crippen molar-refractivity contribution in [2.75, 3.05) is 0 Å². The van der Waals surface area contributed by atoms with Crippen molar-refractivity contribution in [3.8, 4) is 0 Å². The number of aromatic nitrogens is 1. The Bertz CT molecular complexity index is 307. The standard InChI is InChI=1S/C9H10NO2/c1-6-3-7(2)10-5-8(6)4-9(11)12/h3,5H,4H2,1-2H3. The second-order valence-corrected chi connectivity index (χ2v) is 2.80. The molecule has 0 aliphatic carbocycles. The van der Waals surface area contributed by atoms with Gasteiger partial charge in [0.15, 0.2) is 0 Å². The first kappa shape index (κ1) is 8.71. The molecule has 0 spiro atoms. The summed E-state index contributed by atoms with van der Waals surface area (Å²) in [5.74, 6) is -1.07. The monoisotopic (exact) mass is 164 g/mol. The molecule has 1 radical (unpaired) electrons. The summed E-state index contributed by atoms with van der Waals surface area (Å²) in [7, 11) is 0. The second kappa shape index (κ2) is 3.34. The maximum absolute atomic E-state index is 10.3. The van der Waals surface area contributed by atoms with Gasteiger partial charge >= 0.3 is 5.97 Å². The Labute approximate surface area is 71.1 Å². The number of carbonyl (C=O) groups is 1. The first-order valence-electron chi connectivity index (χ1n) is 3.71. The Kier molecular flexibility index (Phi) is 2.43. The third-order valence-corrected chi connectivity index (χ3v) is 1.69. The molecule has 0 saturated heterocycles. The molecule has 0 aromatic carbocycles. The van der Waals surface area contributed by atoms with Crippen LogP contribution >= 0.6 is 0 Å². The molecule has 0 unspecified atom stereocenters. The van der Waals surface area contributed by atoms with Crippen molar-refractivity contribution in [2.45, 2.75) is 20.3 Å². The molecule has 3 heteroatoms. The van der Waals surface area contributed by atoms with Crippen molar-refractivity contribution in [2.24, 2.45) is 0 Å². The molecule has 0 bridgehead atoms. The SMILES string of the molecule is Cc1cc(C)c(CC([O])=O)cn1. The van der Waals surface area contributed by atoms with E-state index in [9.17, 15) is 9.90 Å². The Morgan fingerprint density at radius 3 is 2.67 bits per heavy atom.